The zero-order valence-corrected chi connectivity index (χ0v) is 9.98. The molecular formula is C13H17F2N. The summed E-state index contributed by atoms with van der Waals surface area (Å²) in [5, 5.41) is 0. The van der Waals surface area contributed by atoms with E-state index in [0.717, 1.165) is 6.54 Å². The fourth-order valence-corrected chi connectivity index (χ4v) is 2.17. The average molecular weight is 225 g/mol. The van der Waals surface area contributed by atoms with Crippen molar-refractivity contribution < 1.29 is 8.78 Å². The van der Waals surface area contributed by atoms with Crippen LogP contribution in [0.25, 0.3) is 0 Å². The van der Waals surface area contributed by atoms with E-state index < -0.39 is 0 Å². The van der Waals surface area contributed by atoms with Crippen LogP contribution in [0.5, 0.6) is 0 Å². The van der Waals surface area contributed by atoms with Gasteiger partial charge in [0, 0.05) is 24.2 Å². The molecule has 0 unspecified atom stereocenters. The van der Waals surface area contributed by atoms with E-state index in [-0.39, 0.29) is 17.2 Å². The van der Waals surface area contributed by atoms with Crippen molar-refractivity contribution in [3.8, 4) is 0 Å². The van der Waals surface area contributed by atoms with E-state index in [1.54, 1.807) is 0 Å². The molecule has 0 radical (unpaired) electrons. The normalized spacial score (nSPS) is 17.3. The van der Waals surface area contributed by atoms with Crippen molar-refractivity contribution in [3.63, 3.8) is 0 Å². The second-order valence-corrected chi connectivity index (χ2v) is 5.33. The molecule has 0 atom stereocenters. The average Bonchev–Trinajstić information content (AvgIpc) is 2.22. The molecule has 1 nitrogen and oxygen atoms in total. The Morgan fingerprint density at radius 2 is 1.62 bits per heavy atom. The van der Waals surface area contributed by atoms with E-state index in [1.165, 1.54) is 12.1 Å². The molecule has 1 aromatic carbocycles. The largest absolute Gasteiger partial charge is 0.294 e. The molecule has 1 aliphatic rings. The van der Waals surface area contributed by atoms with Crippen LogP contribution in [-0.4, -0.2) is 17.0 Å². The van der Waals surface area contributed by atoms with Gasteiger partial charge in [-0.05, 0) is 44.9 Å². The third kappa shape index (κ3) is 1.96. The monoisotopic (exact) mass is 225 g/mol. The van der Waals surface area contributed by atoms with E-state index >= 15 is 0 Å². The van der Waals surface area contributed by atoms with Crippen molar-refractivity contribution >= 4 is 0 Å². The molecule has 1 aromatic rings. The zero-order chi connectivity index (χ0) is 11.9. The minimum atomic E-state index is -0.287. The van der Waals surface area contributed by atoms with Crippen LogP contribution in [0.2, 0.25) is 0 Å². The quantitative estimate of drug-likeness (QED) is 0.655. The molecule has 0 saturated heterocycles. The lowest BCUT2D eigenvalue weighted by atomic mass is 9.94. The summed E-state index contributed by atoms with van der Waals surface area (Å²) < 4.78 is 27.1. The van der Waals surface area contributed by atoms with Gasteiger partial charge in [-0.25, -0.2) is 8.78 Å². The second kappa shape index (κ2) is 3.81. The van der Waals surface area contributed by atoms with Crippen LogP contribution in [0.15, 0.2) is 12.1 Å². The van der Waals surface area contributed by atoms with Gasteiger partial charge < -0.3 is 0 Å². The van der Waals surface area contributed by atoms with Gasteiger partial charge in [-0.1, -0.05) is 0 Å². The highest BCUT2D eigenvalue weighted by Gasteiger charge is 2.28. The molecule has 0 N–H and O–H groups in total. The maximum atomic E-state index is 13.6. The first-order valence-electron chi connectivity index (χ1n) is 5.60. The number of hydrogen-bond acceptors (Lipinski definition) is 1. The van der Waals surface area contributed by atoms with Gasteiger partial charge in [0.25, 0.3) is 0 Å². The highest BCUT2D eigenvalue weighted by molar-refractivity contribution is 5.32. The van der Waals surface area contributed by atoms with Crippen LogP contribution in [-0.2, 0) is 13.0 Å². The van der Waals surface area contributed by atoms with Crippen molar-refractivity contribution in [3.05, 3.63) is 34.9 Å². The molecule has 0 aliphatic carbocycles. The molecule has 16 heavy (non-hydrogen) atoms. The lowest BCUT2D eigenvalue weighted by Gasteiger charge is -2.39. The van der Waals surface area contributed by atoms with Crippen LogP contribution in [0.3, 0.4) is 0 Å². The number of hydrogen-bond donors (Lipinski definition) is 0. The third-order valence-corrected chi connectivity index (χ3v) is 3.25. The highest BCUT2D eigenvalue weighted by Crippen LogP contribution is 2.28. The Kier molecular flexibility index (Phi) is 2.74. The van der Waals surface area contributed by atoms with Gasteiger partial charge in [0.1, 0.15) is 11.6 Å². The highest BCUT2D eigenvalue weighted by atomic mass is 19.1. The maximum absolute atomic E-state index is 13.6. The van der Waals surface area contributed by atoms with Gasteiger partial charge in [0.05, 0.1) is 0 Å². The molecule has 3 heteroatoms. The molecule has 0 bridgehead atoms. The lowest BCUT2D eigenvalue weighted by molar-refractivity contribution is 0.117. The summed E-state index contributed by atoms with van der Waals surface area (Å²) in [6, 6.07) is 2.45. The van der Waals surface area contributed by atoms with E-state index in [9.17, 15) is 8.78 Å². The zero-order valence-electron chi connectivity index (χ0n) is 9.98. The molecule has 0 spiro atoms. The van der Waals surface area contributed by atoms with Gasteiger partial charge in [0.2, 0.25) is 0 Å². The Labute approximate surface area is 95.1 Å². The number of nitrogens with zero attached hydrogens (tertiary/aromatic N) is 1. The van der Waals surface area contributed by atoms with Gasteiger partial charge in [0.15, 0.2) is 0 Å². The summed E-state index contributed by atoms with van der Waals surface area (Å²) in [6.07, 6.45) is 0.593. The predicted octanol–water partition coefficient (Wildman–Crippen LogP) is 3.12. The molecule has 2 rings (SSSR count). The van der Waals surface area contributed by atoms with Crippen LogP contribution >= 0.6 is 0 Å². The summed E-state index contributed by atoms with van der Waals surface area (Å²) in [5.74, 6) is -0.560. The van der Waals surface area contributed by atoms with E-state index in [2.05, 4.69) is 25.7 Å². The Morgan fingerprint density at radius 1 is 1.06 bits per heavy atom. The number of rotatable bonds is 0. The maximum Gasteiger partial charge on any atom is 0.128 e. The van der Waals surface area contributed by atoms with Crippen LogP contribution in [0.1, 0.15) is 31.9 Å². The molecule has 88 valence electrons. The van der Waals surface area contributed by atoms with Gasteiger partial charge in [-0.3, -0.25) is 4.90 Å². The Hall–Kier alpha value is -0.960. The Bertz CT molecular complexity index is 407. The summed E-state index contributed by atoms with van der Waals surface area (Å²) >= 11 is 0. The number of benzene rings is 1. The number of halogens is 2. The summed E-state index contributed by atoms with van der Waals surface area (Å²) in [7, 11) is 0. The summed E-state index contributed by atoms with van der Waals surface area (Å²) in [5.41, 5.74) is 1.08. The lowest BCUT2D eigenvalue weighted by Crippen LogP contribution is -2.44. The topological polar surface area (TPSA) is 3.24 Å². The van der Waals surface area contributed by atoms with Gasteiger partial charge in [-0.2, -0.15) is 0 Å². The third-order valence-electron chi connectivity index (χ3n) is 3.25. The summed E-state index contributed by atoms with van der Waals surface area (Å²) in [6.45, 7) is 7.57. The minimum absolute atomic E-state index is 0.00352. The standard InChI is InChI=1S/C13H17F2N/c1-13(2,3)16-7-6-9-10(8-16)12(15)5-4-11(9)14/h4-5H,6-8H2,1-3H3. The molecule has 0 aromatic heterocycles. The SMILES string of the molecule is CC(C)(C)N1CCc2c(F)ccc(F)c2C1. The first-order valence-corrected chi connectivity index (χ1v) is 5.60. The van der Waals surface area contributed by atoms with Crippen LogP contribution in [0.4, 0.5) is 8.78 Å². The van der Waals surface area contributed by atoms with Crippen LogP contribution in [0, 0.1) is 11.6 Å². The first kappa shape index (κ1) is 11.5. The van der Waals surface area contributed by atoms with E-state index in [4.69, 9.17) is 0 Å². The molecule has 0 saturated carbocycles. The van der Waals surface area contributed by atoms with Crippen molar-refractivity contribution in [2.75, 3.05) is 6.54 Å². The predicted molar refractivity (Wildman–Crippen MR) is 60.2 cm³/mol. The van der Waals surface area contributed by atoms with Gasteiger partial charge >= 0.3 is 0 Å². The molecular weight excluding hydrogens is 208 g/mol. The van der Waals surface area contributed by atoms with Crippen molar-refractivity contribution in [2.24, 2.45) is 0 Å². The molecule has 1 heterocycles. The fraction of sp³-hybridized carbons (Fsp3) is 0.538. The minimum Gasteiger partial charge on any atom is -0.294 e. The Balaban J connectivity index is 2.37. The van der Waals surface area contributed by atoms with E-state index in [1.807, 2.05) is 0 Å². The van der Waals surface area contributed by atoms with Crippen LogP contribution < -0.4 is 0 Å². The van der Waals surface area contributed by atoms with Crippen molar-refractivity contribution in [2.45, 2.75) is 39.3 Å². The van der Waals surface area contributed by atoms with Gasteiger partial charge in [-0.15, -0.1) is 0 Å². The Morgan fingerprint density at radius 3 is 2.19 bits per heavy atom. The molecule has 1 aliphatic heterocycles. The second-order valence-electron chi connectivity index (χ2n) is 5.33. The molecule has 0 fully saturated rings. The summed E-state index contributed by atoms with van der Waals surface area (Å²) in [4.78, 5) is 2.18. The fourth-order valence-electron chi connectivity index (χ4n) is 2.17. The smallest absolute Gasteiger partial charge is 0.128 e. The number of fused-ring (bicyclic) bond motifs is 1. The van der Waals surface area contributed by atoms with Crippen molar-refractivity contribution in [1.29, 1.82) is 0 Å². The first-order chi connectivity index (χ1) is 7.39. The van der Waals surface area contributed by atoms with Crippen molar-refractivity contribution in [1.82, 2.24) is 4.90 Å². The van der Waals surface area contributed by atoms with E-state index in [0.29, 0.717) is 24.1 Å². The molecule has 0 amide bonds.